The van der Waals surface area contributed by atoms with Crippen LogP contribution in [0.5, 0.6) is 0 Å². The smallest absolute Gasteiger partial charge is 0.0765 e. The molecule has 0 heterocycles. The van der Waals surface area contributed by atoms with E-state index >= 15 is 0 Å². The van der Waals surface area contributed by atoms with Crippen molar-refractivity contribution in [1.82, 2.24) is 0 Å². The van der Waals surface area contributed by atoms with Crippen molar-refractivity contribution in [2.24, 2.45) is 0 Å². The fraction of sp³-hybridized carbons (Fsp3) is 1.00. The molecule has 1 atom stereocenters. The maximum atomic E-state index is 8.93. The molecule has 0 saturated carbocycles. The number of alkyl halides is 1. The van der Waals surface area contributed by atoms with E-state index in [2.05, 4.69) is 6.92 Å². The molecule has 3 heteroatoms. The molecule has 1 nitrogen and oxygen atoms in total. The Kier molecular flexibility index (Phi) is 7.16. The summed E-state index contributed by atoms with van der Waals surface area (Å²) in [7, 11) is 0. The largest absolute Gasteiger partial charge is 0.391 e. The van der Waals surface area contributed by atoms with Crippen LogP contribution in [-0.2, 0) is 0 Å². The summed E-state index contributed by atoms with van der Waals surface area (Å²) in [5.74, 6) is 2.25. The van der Waals surface area contributed by atoms with Gasteiger partial charge in [0, 0.05) is 11.6 Å². The van der Waals surface area contributed by atoms with E-state index in [1.807, 2.05) is 0 Å². The van der Waals surface area contributed by atoms with Crippen molar-refractivity contribution in [2.45, 2.75) is 19.4 Å². The minimum atomic E-state index is -0.316. The molecule has 0 saturated heterocycles. The lowest BCUT2D eigenvalue weighted by Crippen LogP contribution is -2.11. The molecule has 0 aliphatic carbocycles. The van der Waals surface area contributed by atoms with Crippen LogP contribution >= 0.6 is 23.4 Å². The standard InChI is InChI=1S/C6H13ClOS/c1-2-3-9-5-6(8)4-7/h6,8H,2-5H2,1H3/t6-/m0/s1. The summed E-state index contributed by atoms with van der Waals surface area (Å²) in [6.07, 6.45) is 0.850. The monoisotopic (exact) mass is 168 g/mol. The topological polar surface area (TPSA) is 20.2 Å². The van der Waals surface area contributed by atoms with Gasteiger partial charge in [-0.15, -0.1) is 11.6 Å². The Morgan fingerprint density at radius 1 is 1.67 bits per heavy atom. The molecule has 0 bridgehead atoms. The molecule has 0 amide bonds. The number of thioether (sulfide) groups is 1. The molecule has 0 aromatic heterocycles. The molecule has 0 aliphatic heterocycles. The first kappa shape index (κ1) is 9.60. The highest BCUT2D eigenvalue weighted by atomic mass is 35.5. The molecular formula is C6H13ClOS. The molecule has 0 spiro atoms. The van der Waals surface area contributed by atoms with Gasteiger partial charge in [-0.2, -0.15) is 11.8 Å². The average molecular weight is 169 g/mol. The van der Waals surface area contributed by atoms with Crippen molar-refractivity contribution < 1.29 is 5.11 Å². The SMILES string of the molecule is CCCSC[C@@H](O)CCl. The van der Waals surface area contributed by atoms with Crippen LogP contribution in [0.1, 0.15) is 13.3 Å². The maximum absolute atomic E-state index is 8.93. The van der Waals surface area contributed by atoms with E-state index in [9.17, 15) is 0 Å². The van der Waals surface area contributed by atoms with Crippen molar-refractivity contribution in [1.29, 1.82) is 0 Å². The maximum Gasteiger partial charge on any atom is 0.0765 e. The van der Waals surface area contributed by atoms with E-state index in [1.165, 1.54) is 6.42 Å². The van der Waals surface area contributed by atoms with Crippen LogP contribution in [0.3, 0.4) is 0 Å². The van der Waals surface area contributed by atoms with Crippen LogP contribution in [0.4, 0.5) is 0 Å². The van der Waals surface area contributed by atoms with E-state index in [4.69, 9.17) is 16.7 Å². The summed E-state index contributed by atoms with van der Waals surface area (Å²) in [5, 5.41) is 8.93. The summed E-state index contributed by atoms with van der Waals surface area (Å²) < 4.78 is 0. The van der Waals surface area contributed by atoms with Crippen LogP contribution < -0.4 is 0 Å². The number of hydrogen-bond donors (Lipinski definition) is 1. The number of halogens is 1. The van der Waals surface area contributed by atoms with Gasteiger partial charge in [0.2, 0.25) is 0 Å². The zero-order chi connectivity index (χ0) is 7.11. The summed E-state index contributed by atoms with van der Waals surface area (Å²) in [6, 6.07) is 0. The molecule has 9 heavy (non-hydrogen) atoms. The normalized spacial score (nSPS) is 13.7. The molecule has 1 N–H and O–H groups in total. The first-order valence-electron chi connectivity index (χ1n) is 3.13. The third-order valence-electron chi connectivity index (χ3n) is 0.837. The van der Waals surface area contributed by atoms with Crippen molar-refractivity contribution in [3.63, 3.8) is 0 Å². The molecule has 0 radical (unpaired) electrons. The highest BCUT2D eigenvalue weighted by molar-refractivity contribution is 7.99. The van der Waals surface area contributed by atoms with E-state index in [1.54, 1.807) is 11.8 Å². The Morgan fingerprint density at radius 2 is 2.33 bits per heavy atom. The van der Waals surface area contributed by atoms with Crippen LogP contribution in [0, 0.1) is 0 Å². The van der Waals surface area contributed by atoms with Gasteiger partial charge in [0.25, 0.3) is 0 Å². The molecule has 56 valence electrons. The molecule has 0 unspecified atom stereocenters. The average Bonchev–Trinajstić information content (AvgIpc) is 1.89. The number of aliphatic hydroxyl groups is 1. The fourth-order valence-corrected chi connectivity index (χ4v) is 1.49. The second kappa shape index (κ2) is 6.72. The van der Waals surface area contributed by atoms with E-state index in [0.29, 0.717) is 5.88 Å². The first-order valence-corrected chi connectivity index (χ1v) is 4.82. The Bertz CT molecular complexity index is 61.0. The van der Waals surface area contributed by atoms with Crippen molar-refractivity contribution in [3.8, 4) is 0 Å². The third-order valence-corrected chi connectivity index (χ3v) is 2.51. The molecule has 0 aromatic rings. The highest BCUT2D eigenvalue weighted by Gasteiger charge is 1.99. The molecule has 0 fully saturated rings. The van der Waals surface area contributed by atoms with Gasteiger partial charge in [-0.1, -0.05) is 6.92 Å². The van der Waals surface area contributed by atoms with Gasteiger partial charge in [0.05, 0.1) is 6.10 Å². The van der Waals surface area contributed by atoms with Gasteiger partial charge in [0.15, 0.2) is 0 Å². The zero-order valence-corrected chi connectivity index (χ0v) is 7.21. The lowest BCUT2D eigenvalue weighted by Gasteiger charge is -2.03. The Balaban J connectivity index is 2.88. The third kappa shape index (κ3) is 6.49. The Morgan fingerprint density at radius 3 is 2.78 bits per heavy atom. The summed E-state index contributed by atoms with van der Waals surface area (Å²) >= 11 is 7.12. The van der Waals surface area contributed by atoms with Crippen molar-refractivity contribution in [3.05, 3.63) is 0 Å². The van der Waals surface area contributed by atoms with Gasteiger partial charge in [-0.05, 0) is 12.2 Å². The van der Waals surface area contributed by atoms with E-state index in [0.717, 1.165) is 11.5 Å². The van der Waals surface area contributed by atoms with Gasteiger partial charge in [-0.3, -0.25) is 0 Å². The number of rotatable bonds is 5. The van der Waals surface area contributed by atoms with Crippen molar-refractivity contribution in [2.75, 3.05) is 17.4 Å². The van der Waals surface area contributed by atoms with E-state index in [-0.39, 0.29) is 6.10 Å². The Hall–Kier alpha value is 0.600. The quantitative estimate of drug-likeness (QED) is 0.499. The van der Waals surface area contributed by atoms with Gasteiger partial charge in [-0.25, -0.2) is 0 Å². The summed E-state index contributed by atoms with van der Waals surface area (Å²) in [6.45, 7) is 2.13. The van der Waals surface area contributed by atoms with Crippen molar-refractivity contribution >= 4 is 23.4 Å². The van der Waals surface area contributed by atoms with E-state index < -0.39 is 0 Å². The minimum Gasteiger partial charge on any atom is -0.391 e. The minimum absolute atomic E-state index is 0.316. The predicted octanol–water partition coefficient (Wildman–Crippen LogP) is 1.73. The Labute approximate surface area is 65.8 Å². The zero-order valence-electron chi connectivity index (χ0n) is 5.64. The molecule has 0 aliphatic rings. The number of aliphatic hydroxyl groups excluding tert-OH is 1. The van der Waals surface area contributed by atoms with Crippen LogP contribution in [-0.4, -0.2) is 28.6 Å². The van der Waals surface area contributed by atoms with Gasteiger partial charge in [0.1, 0.15) is 0 Å². The second-order valence-electron chi connectivity index (χ2n) is 1.88. The van der Waals surface area contributed by atoms with Gasteiger partial charge < -0.3 is 5.11 Å². The highest BCUT2D eigenvalue weighted by Crippen LogP contribution is 2.04. The predicted molar refractivity (Wildman–Crippen MR) is 44.3 cm³/mol. The lowest BCUT2D eigenvalue weighted by atomic mass is 10.5. The summed E-state index contributed by atoms with van der Waals surface area (Å²) in [5.41, 5.74) is 0. The number of hydrogen-bond acceptors (Lipinski definition) is 2. The first-order chi connectivity index (χ1) is 4.31. The van der Waals surface area contributed by atoms with Crippen LogP contribution in [0.15, 0.2) is 0 Å². The van der Waals surface area contributed by atoms with Gasteiger partial charge >= 0.3 is 0 Å². The lowest BCUT2D eigenvalue weighted by molar-refractivity contribution is 0.223. The summed E-state index contributed by atoms with van der Waals surface area (Å²) in [4.78, 5) is 0. The molecular weight excluding hydrogens is 156 g/mol. The second-order valence-corrected chi connectivity index (χ2v) is 3.34. The fourth-order valence-electron chi connectivity index (χ4n) is 0.408. The molecule has 0 rings (SSSR count). The van der Waals surface area contributed by atoms with Crippen LogP contribution in [0.2, 0.25) is 0 Å². The molecule has 0 aromatic carbocycles. The van der Waals surface area contributed by atoms with Crippen LogP contribution in [0.25, 0.3) is 0 Å².